The molecular formula is C8H16N2. The van der Waals surface area contributed by atoms with E-state index in [2.05, 4.69) is 4.90 Å². The Morgan fingerprint density at radius 3 is 2.60 bits per heavy atom. The molecule has 58 valence electrons. The molecule has 1 aliphatic heterocycles. The maximum atomic E-state index is 5.78. The van der Waals surface area contributed by atoms with E-state index < -0.39 is 0 Å². The van der Waals surface area contributed by atoms with E-state index in [1.54, 1.807) is 0 Å². The van der Waals surface area contributed by atoms with Gasteiger partial charge in [-0.25, -0.2) is 0 Å². The molecule has 0 spiro atoms. The van der Waals surface area contributed by atoms with Crippen LogP contribution in [0.15, 0.2) is 0 Å². The van der Waals surface area contributed by atoms with Crippen LogP contribution in [0.1, 0.15) is 19.3 Å². The highest BCUT2D eigenvalue weighted by Gasteiger charge is 2.27. The largest absolute Gasteiger partial charge is 0.326 e. The molecule has 0 aromatic rings. The van der Waals surface area contributed by atoms with Gasteiger partial charge in [0.25, 0.3) is 0 Å². The van der Waals surface area contributed by atoms with Gasteiger partial charge in [0, 0.05) is 19.1 Å². The van der Waals surface area contributed by atoms with E-state index in [0.29, 0.717) is 6.04 Å². The normalized spacial score (nSPS) is 35.1. The van der Waals surface area contributed by atoms with Gasteiger partial charge in [-0.15, -0.1) is 0 Å². The lowest BCUT2D eigenvalue weighted by atomic mass is 10.3. The minimum atomic E-state index is 0.471. The Hall–Kier alpha value is -0.0800. The Bertz CT molecular complexity index is 120. The van der Waals surface area contributed by atoms with Crippen LogP contribution in [0.25, 0.3) is 0 Å². The molecule has 2 fully saturated rings. The molecule has 1 saturated heterocycles. The number of nitrogens with zero attached hydrogens (tertiary/aromatic N) is 1. The molecule has 2 nitrogen and oxygen atoms in total. The highest BCUT2D eigenvalue weighted by molar-refractivity contribution is 4.83. The van der Waals surface area contributed by atoms with E-state index in [1.165, 1.54) is 32.4 Å². The lowest BCUT2D eigenvalue weighted by Crippen LogP contribution is -2.27. The van der Waals surface area contributed by atoms with Crippen molar-refractivity contribution in [2.75, 3.05) is 19.6 Å². The summed E-state index contributed by atoms with van der Waals surface area (Å²) < 4.78 is 0. The van der Waals surface area contributed by atoms with Crippen molar-refractivity contribution in [2.45, 2.75) is 25.3 Å². The minimum absolute atomic E-state index is 0.471. The van der Waals surface area contributed by atoms with Crippen LogP contribution in [0, 0.1) is 5.92 Å². The van der Waals surface area contributed by atoms with E-state index in [1.807, 2.05) is 0 Å². The SMILES string of the molecule is N[C@@H]1CCN(CC2CC2)C1. The number of nitrogens with two attached hydrogens (primary N) is 1. The average Bonchev–Trinajstić information content (AvgIpc) is 2.59. The predicted molar refractivity (Wildman–Crippen MR) is 41.8 cm³/mol. The predicted octanol–water partition coefficient (Wildman–Crippen LogP) is 0.429. The third-order valence-electron chi connectivity index (χ3n) is 2.52. The Balaban J connectivity index is 1.72. The lowest BCUT2D eigenvalue weighted by molar-refractivity contribution is 0.320. The molecule has 0 aromatic heterocycles. The molecule has 10 heavy (non-hydrogen) atoms. The van der Waals surface area contributed by atoms with Gasteiger partial charge >= 0.3 is 0 Å². The third-order valence-corrected chi connectivity index (χ3v) is 2.52. The molecule has 0 unspecified atom stereocenters. The van der Waals surface area contributed by atoms with E-state index in [9.17, 15) is 0 Å². The second-order valence-electron chi connectivity index (χ2n) is 3.75. The summed E-state index contributed by atoms with van der Waals surface area (Å²) in [6, 6.07) is 0.471. The van der Waals surface area contributed by atoms with Crippen LogP contribution in [0.5, 0.6) is 0 Å². The maximum absolute atomic E-state index is 5.78. The van der Waals surface area contributed by atoms with Gasteiger partial charge in [0.2, 0.25) is 0 Å². The fraction of sp³-hybridized carbons (Fsp3) is 1.00. The van der Waals surface area contributed by atoms with Gasteiger partial charge in [0.15, 0.2) is 0 Å². The average molecular weight is 140 g/mol. The zero-order valence-electron chi connectivity index (χ0n) is 6.42. The summed E-state index contributed by atoms with van der Waals surface area (Å²) in [5.41, 5.74) is 5.78. The van der Waals surface area contributed by atoms with Crippen molar-refractivity contribution in [3.8, 4) is 0 Å². The van der Waals surface area contributed by atoms with Gasteiger partial charge < -0.3 is 10.6 Å². The fourth-order valence-electron chi connectivity index (χ4n) is 1.69. The second-order valence-corrected chi connectivity index (χ2v) is 3.75. The zero-order chi connectivity index (χ0) is 6.97. The molecule has 1 aliphatic carbocycles. The van der Waals surface area contributed by atoms with Crippen molar-refractivity contribution in [1.29, 1.82) is 0 Å². The Kier molecular flexibility index (Phi) is 1.66. The van der Waals surface area contributed by atoms with Crippen molar-refractivity contribution >= 4 is 0 Å². The van der Waals surface area contributed by atoms with Crippen molar-refractivity contribution in [3.05, 3.63) is 0 Å². The number of hydrogen-bond donors (Lipinski definition) is 1. The van der Waals surface area contributed by atoms with Crippen molar-refractivity contribution < 1.29 is 0 Å². The molecule has 1 saturated carbocycles. The van der Waals surface area contributed by atoms with Crippen LogP contribution in [-0.4, -0.2) is 30.6 Å². The van der Waals surface area contributed by atoms with Gasteiger partial charge in [0.05, 0.1) is 0 Å². The summed E-state index contributed by atoms with van der Waals surface area (Å²) in [4.78, 5) is 2.52. The van der Waals surface area contributed by atoms with Gasteiger partial charge in [-0.2, -0.15) is 0 Å². The van der Waals surface area contributed by atoms with Crippen LogP contribution >= 0.6 is 0 Å². The molecule has 0 radical (unpaired) electrons. The third kappa shape index (κ3) is 1.50. The maximum Gasteiger partial charge on any atom is 0.0180 e. The lowest BCUT2D eigenvalue weighted by Gasteiger charge is -2.13. The standard InChI is InChI=1S/C8H16N2/c9-8-3-4-10(6-8)5-7-1-2-7/h7-8H,1-6,9H2/t8-/m1/s1. The molecule has 0 amide bonds. The number of hydrogen-bond acceptors (Lipinski definition) is 2. The molecule has 2 rings (SSSR count). The van der Waals surface area contributed by atoms with Gasteiger partial charge in [-0.3, -0.25) is 0 Å². The number of likely N-dealkylation sites (tertiary alicyclic amines) is 1. The molecule has 2 heteroatoms. The van der Waals surface area contributed by atoms with E-state index in [0.717, 1.165) is 12.5 Å². The summed E-state index contributed by atoms with van der Waals surface area (Å²) in [6.07, 6.45) is 4.14. The van der Waals surface area contributed by atoms with E-state index >= 15 is 0 Å². The second kappa shape index (κ2) is 2.51. The first-order valence-corrected chi connectivity index (χ1v) is 4.32. The summed E-state index contributed by atoms with van der Waals surface area (Å²) >= 11 is 0. The smallest absolute Gasteiger partial charge is 0.0180 e. The molecule has 1 heterocycles. The first-order valence-electron chi connectivity index (χ1n) is 4.32. The molecule has 0 bridgehead atoms. The highest BCUT2D eigenvalue weighted by Crippen LogP contribution is 2.30. The van der Waals surface area contributed by atoms with Crippen molar-refractivity contribution in [1.82, 2.24) is 4.90 Å². The summed E-state index contributed by atoms with van der Waals surface area (Å²) in [7, 11) is 0. The van der Waals surface area contributed by atoms with Crippen molar-refractivity contribution in [3.63, 3.8) is 0 Å². The topological polar surface area (TPSA) is 29.3 Å². The minimum Gasteiger partial charge on any atom is -0.326 e. The Morgan fingerprint density at radius 1 is 1.30 bits per heavy atom. The molecule has 2 aliphatic rings. The first kappa shape index (κ1) is 6.62. The van der Waals surface area contributed by atoms with Crippen LogP contribution in [-0.2, 0) is 0 Å². The highest BCUT2D eigenvalue weighted by atomic mass is 15.2. The Labute approximate surface area is 62.4 Å². The molecular weight excluding hydrogens is 124 g/mol. The van der Waals surface area contributed by atoms with Gasteiger partial charge in [-0.1, -0.05) is 0 Å². The fourth-order valence-corrected chi connectivity index (χ4v) is 1.69. The summed E-state index contributed by atoms with van der Waals surface area (Å²) in [5, 5.41) is 0. The van der Waals surface area contributed by atoms with Crippen LogP contribution < -0.4 is 5.73 Å². The quantitative estimate of drug-likeness (QED) is 0.602. The van der Waals surface area contributed by atoms with Crippen LogP contribution in [0.2, 0.25) is 0 Å². The van der Waals surface area contributed by atoms with Gasteiger partial charge in [0.1, 0.15) is 0 Å². The molecule has 0 aromatic carbocycles. The summed E-state index contributed by atoms with van der Waals surface area (Å²) in [6.45, 7) is 3.72. The number of rotatable bonds is 2. The van der Waals surface area contributed by atoms with Crippen LogP contribution in [0.4, 0.5) is 0 Å². The molecule has 1 atom stereocenters. The van der Waals surface area contributed by atoms with Gasteiger partial charge in [-0.05, 0) is 31.7 Å². The van der Waals surface area contributed by atoms with E-state index in [-0.39, 0.29) is 0 Å². The van der Waals surface area contributed by atoms with E-state index in [4.69, 9.17) is 5.73 Å². The van der Waals surface area contributed by atoms with Crippen molar-refractivity contribution in [2.24, 2.45) is 11.7 Å². The Morgan fingerprint density at radius 2 is 2.10 bits per heavy atom. The van der Waals surface area contributed by atoms with Crippen LogP contribution in [0.3, 0.4) is 0 Å². The monoisotopic (exact) mass is 140 g/mol. The zero-order valence-corrected chi connectivity index (χ0v) is 6.42. The first-order chi connectivity index (χ1) is 4.84. The summed E-state index contributed by atoms with van der Waals surface area (Å²) in [5.74, 6) is 1.03. The molecule has 2 N–H and O–H groups in total.